The van der Waals surface area contributed by atoms with Crippen molar-refractivity contribution < 1.29 is 13.2 Å². The van der Waals surface area contributed by atoms with Crippen molar-refractivity contribution in [3.05, 3.63) is 53.1 Å². The first-order valence-electron chi connectivity index (χ1n) is 8.07. The van der Waals surface area contributed by atoms with Crippen LogP contribution < -0.4 is 15.8 Å². The van der Waals surface area contributed by atoms with Crippen LogP contribution >= 0.6 is 12.4 Å². The predicted molar refractivity (Wildman–Crippen MR) is 105 cm³/mol. The summed E-state index contributed by atoms with van der Waals surface area (Å²) in [6.45, 7) is 3.63. The average Bonchev–Trinajstić information content (AvgIpc) is 3.34. The summed E-state index contributed by atoms with van der Waals surface area (Å²) >= 11 is 0. The molecule has 0 saturated heterocycles. The molecule has 0 bridgehead atoms. The monoisotopic (exact) mass is 395 g/mol. The Balaban J connectivity index is 0.00000243. The van der Waals surface area contributed by atoms with Gasteiger partial charge >= 0.3 is 0 Å². The van der Waals surface area contributed by atoms with Crippen molar-refractivity contribution in [1.82, 2.24) is 4.72 Å². The van der Waals surface area contributed by atoms with Crippen LogP contribution in [0.15, 0.2) is 41.3 Å². The molecule has 2 aromatic rings. The number of hydrogen-bond acceptors (Lipinski definition) is 4. The van der Waals surface area contributed by atoms with Crippen LogP contribution in [-0.4, -0.2) is 20.4 Å². The fourth-order valence-corrected chi connectivity index (χ4v) is 3.80. The number of nitrogens with one attached hydrogen (secondary N) is 2. The van der Waals surface area contributed by atoms with Gasteiger partial charge in [-0.1, -0.05) is 12.1 Å². The van der Waals surface area contributed by atoms with Gasteiger partial charge < -0.3 is 11.1 Å². The van der Waals surface area contributed by atoms with Crippen LogP contribution in [0.4, 0.5) is 11.4 Å². The molecule has 1 fully saturated rings. The number of nitrogens with two attached hydrogens (primary N) is 1. The molecule has 1 aliphatic carbocycles. The summed E-state index contributed by atoms with van der Waals surface area (Å²) in [4.78, 5) is 12.7. The van der Waals surface area contributed by atoms with E-state index >= 15 is 0 Å². The zero-order valence-corrected chi connectivity index (χ0v) is 16.2. The first-order chi connectivity index (χ1) is 11.8. The van der Waals surface area contributed by atoms with Crippen molar-refractivity contribution in [2.75, 3.05) is 11.1 Å². The van der Waals surface area contributed by atoms with E-state index in [4.69, 9.17) is 5.73 Å². The van der Waals surface area contributed by atoms with Crippen molar-refractivity contribution in [3.8, 4) is 0 Å². The number of hydrogen-bond donors (Lipinski definition) is 3. The average molecular weight is 396 g/mol. The molecule has 140 valence electrons. The Kier molecular flexibility index (Phi) is 5.95. The zero-order chi connectivity index (χ0) is 18.2. The standard InChI is InChI=1S/C18H21N3O3S.ClH/c1-11-4-8-15(25(23,24)21-14-6-7-14)10-16(11)18(22)20-17-9-13(19)5-3-12(17)2;/h3-5,8-10,14,21H,6-7,19H2,1-2H3,(H,20,22);1H. The second kappa shape index (κ2) is 7.65. The molecule has 3 rings (SSSR count). The number of nitrogen functional groups attached to an aromatic ring is 1. The molecule has 1 aliphatic rings. The van der Waals surface area contributed by atoms with E-state index in [0.717, 1.165) is 18.4 Å². The Bertz CT molecular complexity index is 941. The lowest BCUT2D eigenvalue weighted by Crippen LogP contribution is -2.26. The lowest BCUT2D eigenvalue weighted by Gasteiger charge is -2.12. The lowest BCUT2D eigenvalue weighted by atomic mass is 10.1. The molecule has 8 heteroatoms. The van der Waals surface area contributed by atoms with E-state index in [0.29, 0.717) is 22.5 Å². The molecular weight excluding hydrogens is 374 g/mol. The molecule has 0 radical (unpaired) electrons. The number of halogens is 1. The van der Waals surface area contributed by atoms with Crippen LogP contribution in [0.3, 0.4) is 0 Å². The Morgan fingerprint density at radius 3 is 2.38 bits per heavy atom. The molecule has 2 aromatic carbocycles. The van der Waals surface area contributed by atoms with E-state index in [-0.39, 0.29) is 29.3 Å². The van der Waals surface area contributed by atoms with E-state index < -0.39 is 10.0 Å². The van der Waals surface area contributed by atoms with Gasteiger partial charge in [0.25, 0.3) is 5.91 Å². The van der Waals surface area contributed by atoms with Crippen molar-refractivity contribution in [3.63, 3.8) is 0 Å². The van der Waals surface area contributed by atoms with Gasteiger partial charge in [0.15, 0.2) is 0 Å². The number of amides is 1. The van der Waals surface area contributed by atoms with E-state index in [1.54, 1.807) is 25.1 Å². The summed E-state index contributed by atoms with van der Waals surface area (Å²) in [7, 11) is -3.61. The minimum Gasteiger partial charge on any atom is -0.399 e. The molecule has 1 saturated carbocycles. The summed E-state index contributed by atoms with van der Waals surface area (Å²) in [5, 5.41) is 2.81. The van der Waals surface area contributed by atoms with Crippen LogP contribution in [0.5, 0.6) is 0 Å². The van der Waals surface area contributed by atoms with Gasteiger partial charge in [0.05, 0.1) is 4.90 Å². The Morgan fingerprint density at radius 1 is 1.08 bits per heavy atom. The number of rotatable bonds is 5. The number of benzene rings is 2. The van der Waals surface area contributed by atoms with Crippen molar-refractivity contribution in [1.29, 1.82) is 0 Å². The molecule has 0 spiro atoms. The number of anilines is 2. The SMILES string of the molecule is Cc1ccc(N)cc1NC(=O)c1cc(S(=O)(=O)NC2CC2)ccc1C.Cl. The summed E-state index contributed by atoms with van der Waals surface area (Å²) in [5.74, 6) is -0.366. The summed E-state index contributed by atoms with van der Waals surface area (Å²) in [6.07, 6.45) is 1.71. The minimum atomic E-state index is -3.61. The molecule has 1 amide bonds. The van der Waals surface area contributed by atoms with Gasteiger partial charge in [0.2, 0.25) is 10.0 Å². The van der Waals surface area contributed by atoms with Crippen LogP contribution in [0.25, 0.3) is 0 Å². The number of carbonyl (C=O) groups is 1. The van der Waals surface area contributed by atoms with Gasteiger partial charge in [-0.15, -0.1) is 12.4 Å². The number of carbonyl (C=O) groups excluding carboxylic acids is 1. The number of aryl methyl sites for hydroxylation is 2. The van der Waals surface area contributed by atoms with Crippen molar-refractivity contribution >= 4 is 39.7 Å². The van der Waals surface area contributed by atoms with Gasteiger partial charge in [-0.25, -0.2) is 13.1 Å². The summed E-state index contributed by atoms with van der Waals surface area (Å²) < 4.78 is 27.4. The van der Waals surface area contributed by atoms with Gasteiger partial charge in [0.1, 0.15) is 0 Å². The normalized spacial score (nSPS) is 13.8. The van der Waals surface area contributed by atoms with Gasteiger partial charge in [-0.05, 0) is 62.1 Å². The van der Waals surface area contributed by atoms with E-state index in [9.17, 15) is 13.2 Å². The first-order valence-corrected chi connectivity index (χ1v) is 9.55. The van der Waals surface area contributed by atoms with E-state index in [1.165, 1.54) is 12.1 Å². The minimum absolute atomic E-state index is 0. The third-order valence-corrected chi connectivity index (χ3v) is 5.69. The molecule has 26 heavy (non-hydrogen) atoms. The fourth-order valence-electron chi connectivity index (χ4n) is 2.47. The fraction of sp³-hybridized carbons (Fsp3) is 0.278. The van der Waals surface area contributed by atoms with Gasteiger partial charge in [0, 0.05) is 23.0 Å². The van der Waals surface area contributed by atoms with Crippen molar-refractivity contribution in [2.45, 2.75) is 37.6 Å². The topological polar surface area (TPSA) is 101 Å². The molecule has 4 N–H and O–H groups in total. The Labute approximate surface area is 159 Å². The first kappa shape index (κ1) is 20.2. The predicted octanol–water partition coefficient (Wildman–Crippen LogP) is 3.00. The molecule has 6 nitrogen and oxygen atoms in total. The molecule has 0 aliphatic heterocycles. The third kappa shape index (κ3) is 4.55. The number of sulfonamides is 1. The maximum Gasteiger partial charge on any atom is 0.255 e. The lowest BCUT2D eigenvalue weighted by molar-refractivity contribution is 0.102. The molecule has 0 heterocycles. The highest BCUT2D eigenvalue weighted by Crippen LogP contribution is 2.24. The van der Waals surface area contributed by atoms with Crippen LogP contribution in [0.1, 0.15) is 34.3 Å². The highest BCUT2D eigenvalue weighted by Gasteiger charge is 2.28. The largest absolute Gasteiger partial charge is 0.399 e. The maximum absolute atomic E-state index is 12.6. The second-order valence-corrected chi connectivity index (χ2v) is 8.11. The highest BCUT2D eigenvalue weighted by atomic mass is 35.5. The van der Waals surface area contributed by atoms with Gasteiger partial charge in [-0.2, -0.15) is 0 Å². The second-order valence-electron chi connectivity index (χ2n) is 6.40. The quantitative estimate of drug-likeness (QED) is 0.677. The Hall–Kier alpha value is -2.09. The Morgan fingerprint density at radius 2 is 1.73 bits per heavy atom. The molecule has 0 unspecified atom stereocenters. The van der Waals surface area contributed by atoms with E-state index in [2.05, 4.69) is 10.0 Å². The van der Waals surface area contributed by atoms with E-state index in [1.807, 2.05) is 13.0 Å². The maximum atomic E-state index is 12.6. The zero-order valence-electron chi connectivity index (χ0n) is 14.6. The molecule has 0 atom stereocenters. The summed E-state index contributed by atoms with van der Waals surface area (Å²) in [6, 6.07) is 9.84. The van der Waals surface area contributed by atoms with Crippen LogP contribution in [0.2, 0.25) is 0 Å². The van der Waals surface area contributed by atoms with Crippen LogP contribution in [-0.2, 0) is 10.0 Å². The summed E-state index contributed by atoms with van der Waals surface area (Å²) in [5.41, 5.74) is 8.81. The highest BCUT2D eigenvalue weighted by molar-refractivity contribution is 7.89. The third-order valence-electron chi connectivity index (χ3n) is 4.17. The van der Waals surface area contributed by atoms with Crippen LogP contribution in [0, 0.1) is 13.8 Å². The smallest absolute Gasteiger partial charge is 0.255 e. The van der Waals surface area contributed by atoms with Crippen molar-refractivity contribution in [2.24, 2.45) is 0 Å². The molecular formula is C18H22ClN3O3S. The van der Waals surface area contributed by atoms with Gasteiger partial charge in [-0.3, -0.25) is 4.79 Å². The molecule has 0 aromatic heterocycles.